The molecule has 0 radical (unpaired) electrons. The molecule has 2 fully saturated rings. The van der Waals surface area contributed by atoms with Gasteiger partial charge in [0.15, 0.2) is 5.82 Å². The maximum absolute atomic E-state index is 5.88. The highest BCUT2D eigenvalue weighted by Gasteiger charge is 2.21. The third-order valence-electron chi connectivity index (χ3n) is 5.85. The first-order valence-corrected chi connectivity index (χ1v) is 11.0. The molecule has 6 nitrogen and oxygen atoms in total. The second kappa shape index (κ2) is 9.68. The Morgan fingerprint density at radius 2 is 1.59 bits per heavy atom. The molecule has 1 aromatic heterocycles. The molecule has 0 unspecified atom stereocenters. The second-order valence-electron chi connectivity index (χ2n) is 7.95. The Balaban J connectivity index is 1.55. The third kappa shape index (κ3) is 4.96. The van der Waals surface area contributed by atoms with Crippen LogP contribution in [0.2, 0.25) is 0 Å². The van der Waals surface area contributed by atoms with Crippen molar-refractivity contribution in [1.82, 2.24) is 29.0 Å². The number of benzene rings is 1. The molecule has 0 N–H and O–H groups in total. The molecule has 2 aliphatic heterocycles. The fraction of sp³-hybridized carbons (Fsp3) is 0.545. The van der Waals surface area contributed by atoms with Crippen molar-refractivity contribution in [3.63, 3.8) is 0 Å². The van der Waals surface area contributed by atoms with E-state index in [4.69, 9.17) is 23.7 Å². The fourth-order valence-corrected chi connectivity index (χ4v) is 4.52. The van der Waals surface area contributed by atoms with Crippen LogP contribution in [0, 0.1) is 17.1 Å². The van der Waals surface area contributed by atoms with Crippen LogP contribution in [0.1, 0.15) is 25.1 Å². The van der Waals surface area contributed by atoms with Gasteiger partial charge < -0.3 is 0 Å². The van der Waals surface area contributed by atoms with E-state index < -0.39 is 0 Å². The van der Waals surface area contributed by atoms with Gasteiger partial charge in [-0.15, -0.1) is 6.42 Å². The smallest absolute Gasteiger partial charge is 0.203 e. The highest BCUT2D eigenvalue weighted by atomic mass is 32.1. The Morgan fingerprint density at radius 1 is 0.897 bits per heavy atom. The zero-order valence-electron chi connectivity index (χ0n) is 17.0. The van der Waals surface area contributed by atoms with Crippen molar-refractivity contribution in [2.24, 2.45) is 0 Å². The average molecular weight is 411 g/mol. The van der Waals surface area contributed by atoms with Gasteiger partial charge in [0.05, 0.1) is 19.8 Å². The summed E-state index contributed by atoms with van der Waals surface area (Å²) in [5, 5.41) is 4.98. The Morgan fingerprint density at radius 3 is 2.28 bits per heavy atom. The van der Waals surface area contributed by atoms with E-state index in [-0.39, 0.29) is 0 Å². The van der Waals surface area contributed by atoms with Crippen molar-refractivity contribution in [1.29, 1.82) is 0 Å². The fourth-order valence-electron chi connectivity index (χ4n) is 4.21. The molecule has 0 spiro atoms. The summed E-state index contributed by atoms with van der Waals surface area (Å²) in [6.07, 6.45) is 9.33. The van der Waals surface area contributed by atoms with Crippen molar-refractivity contribution in [3.05, 3.63) is 40.9 Å². The average Bonchev–Trinajstić information content (AvgIpc) is 3.05. The first-order chi connectivity index (χ1) is 14.2. The van der Waals surface area contributed by atoms with Gasteiger partial charge in [-0.05, 0) is 50.3 Å². The lowest BCUT2D eigenvalue weighted by Gasteiger charge is -2.33. The summed E-state index contributed by atoms with van der Waals surface area (Å²) >= 11 is 5.88. The summed E-state index contributed by atoms with van der Waals surface area (Å²) in [7, 11) is 0. The van der Waals surface area contributed by atoms with Crippen LogP contribution >= 0.6 is 12.2 Å². The Kier molecular flexibility index (Phi) is 6.78. The molecule has 2 aromatic rings. The van der Waals surface area contributed by atoms with Gasteiger partial charge in [-0.25, -0.2) is 4.68 Å². The molecule has 1 aromatic carbocycles. The second-order valence-corrected chi connectivity index (χ2v) is 8.31. The van der Waals surface area contributed by atoms with E-state index in [1.807, 2.05) is 10.7 Å². The molecule has 3 heterocycles. The summed E-state index contributed by atoms with van der Waals surface area (Å²) in [4.78, 5) is 7.24. The molecular weight excluding hydrogens is 380 g/mol. The molecule has 0 bridgehead atoms. The Labute approximate surface area is 178 Å². The van der Waals surface area contributed by atoms with Gasteiger partial charge in [0.1, 0.15) is 0 Å². The number of piperazine rings is 1. The predicted octanol–water partition coefficient (Wildman–Crippen LogP) is 2.60. The van der Waals surface area contributed by atoms with Crippen molar-refractivity contribution in [2.75, 3.05) is 45.8 Å². The Bertz CT molecular complexity index is 882. The minimum absolute atomic E-state index is 0.732. The number of hydrogen-bond donors (Lipinski definition) is 0. The minimum Gasteiger partial charge on any atom is -0.296 e. The van der Waals surface area contributed by atoms with E-state index in [0.29, 0.717) is 0 Å². The molecule has 2 saturated heterocycles. The van der Waals surface area contributed by atoms with Crippen LogP contribution < -0.4 is 0 Å². The highest BCUT2D eigenvalue weighted by molar-refractivity contribution is 7.71. The molecule has 154 valence electrons. The van der Waals surface area contributed by atoms with E-state index in [1.54, 1.807) is 0 Å². The van der Waals surface area contributed by atoms with E-state index >= 15 is 0 Å². The predicted molar refractivity (Wildman–Crippen MR) is 118 cm³/mol. The van der Waals surface area contributed by atoms with Gasteiger partial charge in [-0.3, -0.25) is 19.3 Å². The van der Waals surface area contributed by atoms with Crippen LogP contribution in [0.5, 0.6) is 0 Å². The summed E-state index contributed by atoms with van der Waals surface area (Å²) in [6.45, 7) is 8.57. The van der Waals surface area contributed by atoms with Crippen LogP contribution in [-0.4, -0.2) is 74.9 Å². The number of piperidine rings is 1. The van der Waals surface area contributed by atoms with Crippen LogP contribution in [-0.2, 0) is 13.2 Å². The van der Waals surface area contributed by atoms with Crippen molar-refractivity contribution < 1.29 is 0 Å². The third-order valence-corrected chi connectivity index (χ3v) is 6.24. The van der Waals surface area contributed by atoms with E-state index in [2.05, 4.69) is 49.5 Å². The van der Waals surface area contributed by atoms with Gasteiger partial charge in [0.2, 0.25) is 4.77 Å². The van der Waals surface area contributed by atoms with Gasteiger partial charge in [0.25, 0.3) is 0 Å². The van der Waals surface area contributed by atoms with E-state index in [1.165, 1.54) is 19.3 Å². The molecule has 29 heavy (non-hydrogen) atoms. The number of aromatic nitrogens is 3. The maximum Gasteiger partial charge on any atom is 0.203 e. The van der Waals surface area contributed by atoms with Gasteiger partial charge in [-0.1, -0.05) is 30.5 Å². The molecule has 4 rings (SSSR count). The van der Waals surface area contributed by atoms with Crippen molar-refractivity contribution in [3.8, 4) is 18.0 Å². The van der Waals surface area contributed by atoms with Gasteiger partial charge >= 0.3 is 0 Å². The number of nitrogens with zero attached hydrogens (tertiary/aromatic N) is 6. The lowest BCUT2D eigenvalue weighted by Crippen LogP contribution is -2.46. The minimum atomic E-state index is 0.732. The largest absolute Gasteiger partial charge is 0.296 e. The summed E-state index contributed by atoms with van der Waals surface area (Å²) < 4.78 is 4.92. The molecule has 0 saturated carbocycles. The van der Waals surface area contributed by atoms with E-state index in [0.717, 1.165) is 75.3 Å². The van der Waals surface area contributed by atoms with E-state index in [9.17, 15) is 0 Å². The summed E-state index contributed by atoms with van der Waals surface area (Å²) in [5.41, 5.74) is 1.09. The molecule has 0 aliphatic carbocycles. The molecule has 0 atom stereocenters. The first kappa shape index (κ1) is 20.3. The van der Waals surface area contributed by atoms with Crippen LogP contribution in [0.15, 0.2) is 30.3 Å². The lowest BCUT2D eigenvalue weighted by atomic mass is 10.1. The monoisotopic (exact) mass is 410 g/mol. The zero-order chi connectivity index (χ0) is 20.1. The number of likely N-dealkylation sites (tertiary alicyclic amines) is 1. The number of para-hydroxylation sites is 1. The van der Waals surface area contributed by atoms with Gasteiger partial charge in [-0.2, -0.15) is 5.10 Å². The van der Waals surface area contributed by atoms with Crippen LogP contribution in [0.25, 0.3) is 5.69 Å². The number of terminal acetylenes is 1. The van der Waals surface area contributed by atoms with Crippen LogP contribution in [0.3, 0.4) is 0 Å². The van der Waals surface area contributed by atoms with Gasteiger partial charge in [0, 0.05) is 31.9 Å². The van der Waals surface area contributed by atoms with Crippen molar-refractivity contribution >= 4 is 12.2 Å². The number of rotatable bonds is 6. The molecular formula is C22H30N6S. The molecule has 2 aliphatic rings. The maximum atomic E-state index is 5.88. The quantitative estimate of drug-likeness (QED) is 0.540. The molecule has 7 heteroatoms. The first-order valence-electron chi connectivity index (χ1n) is 10.6. The number of hydrogen-bond acceptors (Lipinski definition) is 5. The van der Waals surface area contributed by atoms with Crippen molar-refractivity contribution in [2.45, 2.75) is 32.5 Å². The van der Waals surface area contributed by atoms with Crippen LogP contribution in [0.4, 0.5) is 0 Å². The SMILES string of the molecule is C#CCN1CCN(Cn2nc(CN3CCCCC3)n(-c3ccccc3)c2=S)CC1. The standard InChI is InChI=1S/C22H30N6S/c1-2-11-24-14-16-26(17-15-24)19-27-22(29)28(20-9-5-3-6-10-20)21(23-27)18-25-12-7-4-8-13-25/h1,3,5-6,9-10H,4,7-8,11-19H2. The summed E-state index contributed by atoms with van der Waals surface area (Å²) in [6, 6.07) is 10.4. The zero-order valence-corrected chi connectivity index (χ0v) is 17.9. The Hall–Kier alpha value is -1.98. The molecule has 0 amide bonds. The lowest BCUT2D eigenvalue weighted by molar-refractivity contribution is 0.111. The highest BCUT2D eigenvalue weighted by Crippen LogP contribution is 2.17. The topological polar surface area (TPSA) is 32.5 Å². The summed E-state index contributed by atoms with van der Waals surface area (Å²) in [5.74, 6) is 3.78. The normalized spacial score (nSPS) is 19.3.